The standard InChI is InChI=1S/C32H39F2N3O2S2/c1-22-7-16-29(40-22)24-8-10-25(11-9-24)32(33,34)30(31(38)37-19-17-26(35)18-20-37)36-41-28-14-12-27(13-15-28)39-21-23-5-3-2-4-6-23/h7-16,23,26,30,36H,2-6,17-21,35H2,1H3. The third kappa shape index (κ3) is 7.69. The second-order valence-corrected chi connectivity index (χ2v) is 13.4. The first-order valence-electron chi connectivity index (χ1n) is 14.5. The van der Waals surface area contributed by atoms with Crippen LogP contribution < -0.4 is 15.2 Å². The van der Waals surface area contributed by atoms with Crippen LogP contribution >= 0.6 is 23.3 Å². The van der Waals surface area contributed by atoms with E-state index in [-0.39, 0.29) is 11.6 Å². The molecule has 1 amide bonds. The fourth-order valence-corrected chi connectivity index (χ4v) is 7.14. The number of ether oxygens (including phenoxy) is 1. The van der Waals surface area contributed by atoms with Gasteiger partial charge in [-0.3, -0.25) is 4.79 Å². The van der Waals surface area contributed by atoms with Crippen molar-refractivity contribution >= 4 is 29.2 Å². The molecule has 1 atom stereocenters. The number of thiophene rings is 1. The summed E-state index contributed by atoms with van der Waals surface area (Å²) in [6.45, 7) is 3.48. The second-order valence-electron chi connectivity index (χ2n) is 11.2. The van der Waals surface area contributed by atoms with Crippen molar-refractivity contribution in [1.29, 1.82) is 0 Å². The summed E-state index contributed by atoms with van der Waals surface area (Å²) in [4.78, 5) is 18.0. The van der Waals surface area contributed by atoms with Crippen molar-refractivity contribution in [1.82, 2.24) is 9.62 Å². The molecule has 2 heterocycles. The number of hydrogen-bond donors (Lipinski definition) is 2. The lowest BCUT2D eigenvalue weighted by Crippen LogP contribution is -2.55. The van der Waals surface area contributed by atoms with E-state index in [4.69, 9.17) is 10.5 Å². The summed E-state index contributed by atoms with van der Waals surface area (Å²) >= 11 is 2.66. The van der Waals surface area contributed by atoms with E-state index in [1.807, 2.05) is 43.3 Å². The molecule has 3 aromatic rings. The van der Waals surface area contributed by atoms with Crippen molar-refractivity contribution in [2.75, 3.05) is 19.7 Å². The number of alkyl halides is 2. The molecule has 3 N–H and O–H groups in total. The third-order valence-electron chi connectivity index (χ3n) is 8.08. The zero-order valence-electron chi connectivity index (χ0n) is 23.5. The number of nitrogens with zero attached hydrogens (tertiary/aromatic N) is 1. The Morgan fingerprint density at radius 2 is 1.71 bits per heavy atom. The zero-order valence-corrected chi connectivity index (χ0v) is 25.1. The molecule has 1 saturated carbocycles. The largest absolute Gasteiger partial charge is 0.493 e. The Kier molecular flexibility index (Phi) is 10.0. The molecule has 0 spiro atoms. The summed E-state index contributed by atoms with van der Waals surface area (Å²) in [6.07, 6.45) is 7.47. The maximum absolute atomic E-state index is 16.1. The third-order valence-corrected chi connectivity index (χ3v) is 10.00. The van der Waals surface area contributed by atoms with Gasteiger partial charge in [0.1, 0.15) is 5.75 Å². The predicted octanol–water partition coefficient (Wildman–Crippen LogP) is 7.39. The fourth-order valence-electron chi connectivity index (χ4n) is 5.49. The van der Waals surface area contributed by atoms with Gasteiger partial charge in [0.25, 0.3) is 5.92 Å². The smallest absolute Gasteiger partial charge is 0.298 e. The highest BCUT2D eigenvalue weighted by Gasteiger charge is 2.48. The van der Waals surface area contributed by atoms with Gasteiger partial charge in [-0.25, -0.2) is 4.72 Å². The second kappa shape index (κ2) is 13.7. The predicted molar refractivity (Wildman–Crippen MR) is 163 cm³/mol. The lowest BCUT2D eigenvalue weighted by molar-refractivity contribution is -0.145. The molecule has 5 nitrogen and oxygen atoms in total. The quantitative estimate of drug-likeness (QED) is 0.238. The number of amides is 1. The highest BCUT2D eigenvalue weighted by molar-refractivity contribution is 7.97. The molecule has 41 heavy (non-hydrogen) atoms. The highest BCUT2D eigenvalue weighted by Crippen LogP contribution is 2.37. The summed E-state index contributed by atoms with van der Waals surface area (Å²) in [6, 6.07) is 15.9. The van der Waals surface area contributed by atoms with Crippen molar-refractivity contribution in [2.45, 2.75) is 74.8 Å². The molecule has 1 aliphatic carbocycles. The summed E-state index contributed by atoms with van der Waals surface area (Å²) in [7, 11) is 0. The molecule has 1 saturated heterocycles. The number of carbonyl (C=O) groups is 1. The van der Waals surface area contributed by atoms with Gasteiger partial charge in [-0.2, -0.15) is 8.78 Å². The number of likely N-dealkylation sites (tertiary alicyclic amines) is 1. The number of hydrogen-bond acceptors (Lipinski definition) is 6. The molecule has 9 heteroatoms. The van der Waals surface area contributed by atoms with Crippen LogP contribution in [0.3, 0.4) is 0 Å². The average Bonchev–Trinajstić information content (AvgIpc) is 3.43. The van der Waals surface area contributed by atoms with Gasteiger partial charge < -0.3 is 15.4 Å². The molecule has 2 aliphatic rings. The number of halogens is 2. The minimum atomic E-state index is -3.43. The molecule has 2 aromatic carbocycles. The number of benzene rings is 2. The Morgan fingerprint density at radius 1 is 1.02 bits per heavy atom. The Bertz CT molecular complexity index is 1270. The van der Waals surface area contributed by atoms with Gasteiger partial charge in [-0.15, -0.1) is 11.3 Å². The summed E-state index contributed by atoms with van der Waals surface area (Å²) in [5.41, 5.74) is 6.69. The van der Waals surface area contributed by atoms with Crippen LogP contribution in [-0.4, -0.2) is 42.6 Å². The Labute approximate surface area is 250 Å². The van der Waals surface area contributed by atoms with Gasteiger partial charge >= 0.3 is 0 Å². The van der Waals surface area contributed by atoms with Crippen molar-refractivity contribution in [2.24, 2.45) is 11.7 Å². The molecule has 0 bridgehead atoms. The first kappa shape index (κ1) is 30.0. The van der Waals surface area contributed by atoms with Crippen LogP contribution in [0, 0.1) is 12.8 Å². The van der Waals surface area contributed by atoms with E-state index < -0.39 is 17.9 Å². The fraction of sp³-hybridized carbons (Fsp3) is 0.469. The number of carbonyl (C=O) groups excluding carboxylic acids is 1. The van der Waals surface area contributed by atoms with Crippen LogP contribution in [0.4, 0.5) is 8.78 Å². The molecule has 220 valence electrons. The number of rotatable bonds is 10. The minimum Gasteiger partial charge on any atom is -0.493 e. The topological polar surface area (TPSA) is 67.6 Å². The first-order valence-corrected chi connectivity index (χ1v) is 16.2. The van der Waals surface area contributed by atoms with Crippen LogP contribution in [0.25, 0.3) is 10.4 Å². The van der Waals surface area contributed by atoms with Crippen LogP contribution in [0.5, 0.6) is 5.75 Å². The Morgan fingerprint density at radius 3 is 2.34 bits per heavy atom. The van der Waals surface area contributed by atoms with Crippen LogP contribution in [-0.2, 0) is 10.7 Å². The molecule has 2 fully saturated rings. The van der Waals surface area contributed by atoms with E-state index in [0.717, 1.165) is 37.9 Å². The lowest BCUT2D eigenvalue weighted by atomic mass is 9.90. The van der Waals surface area contributed by atoms with Gasteiger partial charge in [0.05, 0.1) is 6.61 Å². The average molecular weight is 600 g/mol. The van der Waals surface area contributed by atoms with Gasteiger partial charge in [0.15, 0.2) is 6.04 Å². The Balaban J connectivity index is 1.28. The van der Waals surface area contributed by atoms with E-state index in [2.05, 4.69) is 4.72 Å². The Hall–Kier alpha value is -2.46. The van der Waals surface area contributed by atoms with Gasteiger partial charge in [0, 0.05) is 39.3 Å². The molecule has 1 unspecified atom stereocenters. The van der Waals surface area contributed by atoms with E-state index in [9.17, 15) is 4.79 Å². The van der Waals surface area contributed by atoms with E-state index in [1.54, 1.807) is 23.5 Å². The maximum atomic E-state index is 16.1. The van der Waals surface area contributed by atoms with Gasteiger partial charge in [-0.1, -0.05) is 43.5 Å². The SMILES string of the molecule is Cc1ccc(-c2ccc(C(F)(F)C(NSc3ccc(OCC4CCCCC4)cc3)C(=O)N3CCC(N)CC3)cc2)s1. The number of nitrogens with two attached hydrogens (primary N) is 1. The van der Waals surface area contributed by atoms with Crippen LogP contribution in [0.2, 0.25) is 0 Å². The van der Waals surface area contributed by atoms with Crippen LogP contribution in [0.1, 0.15) is 55.4 Å². The minimum absolute atomic E-state index is 0.00683. The van der Waals surface area contributed by atoms with Crippen LogP contribution in [0.15, 0.2) is 65.6 Å². The van der Waals surface area contributed by atoms with Crippen molar-refractivity contribution in [3.63, 3.8) is 0 Å². The van der Waals surface area contributed by atoms with E-state index in [0.29, 0.717) is 38.5 Å². The number of nitrogens with one attached hydrogen (secondary N) is 1. The molecule has 1 aromatic heterocycles. The van der Waals surface area contributed by atoms with Crippen molar-refractivity contribution < 1.29 is 18.3 Å². The number of piperidine rings is 1. The van der Waals surface area contributed by atoms with Crippen molar-refractivity contribution in [3.8, 4) is 16.2 Å². The van der Waals surface area contributed by atoms with Gasteiger partial charge in [-0.05, 0) is 92.4 Å². The maximum Gasteiger partial charge on any atom is 0.298 e. The molecular weight excluding hydrogens is 561 g/mol. The first-order chi connectivity index (χ1) is 19.8. The molecular formula is C32H39F2N3O2S2. The lowest BCUT2D eigenvalue weighted by Gasteiger charge is -2.35. The monoisotopic (exact) mass is 599 g/mol. The van der Waals surface area contributed by atoms with Gasteiger partial charge in [0.2, 0.25) is 5.91 Å². The van der Waals surface area contributed by atoms with E-state index in [1.165, 1.54) is 49.1 Å². The normalized spacial score (nSPS) is 17.9. The summed E-state index contributed by atoms with van der Waals surface area (Å²) in [5, 5.41) is 0. The van der Waals surface area contributed by atoms with E-state index >= 15 is 8.78 Å². The number of aryl methyl sites for hydroxylation is 1. The molecule has 0 radical (unpaired) electrons. The molecule has 5 rings (SSSR count). The molecule has 1 aliphatic heterocycles. The zero-order chi connectivity index (χ0) is 28.8. The van der Waals surface area contributed by atoms with Crippen molar-refractivity contribution in [3.05, 3.63) is 71.1 Å². The highest BCUT2D eigenvalue weighted by atomic mass is 32.2. The summed E-state index contributed by atoms with van der Waals surface area (Å²) in [5.74, 6) is -2.68. The summed E-state index contributed by atoms with van der Waals surface area (Å²) < 4.78 is 41.1.